The first-order chi connectivity index (χ1) is 15.9. The molecule has 7 nitrogen and oxygen atoms in total. The minimum atomic E-state index is -1.38. The van der Waals surface area contributed by atoms with Crippen molar-refractivity contribution in [3.8, 4) is 5.75 Å². The van der Waals surface area contributed by atoms with Crippen molar-refractivity contribution in [2.45, 2.75) is 78.0 Å². The number of hydrogen-bond donors (Lipinski definition) is 1. The fourth-order valence-electron chi connectivity index (χ4n) is 5.15. The SMILES string of the molecule is CC[C@@H]1C[C@](CC(C)C)(OC(=O)O)N(C(=O)c2ccc(C(C)(C)C)c(OC)c2)[C@H]1c1nccs1. The third-order valence-electron chi connectivity index (χ3n) is 6.45. The Morgan fingerprint density at radius 3 is 2.53 bits per heavy atom. The predicted octanol–water partition coefficient (Wildman–Crippen LogP) is 6.50. The largest absolute Gasteiger partial charge is 0.507 e. The molecule has 0 radical (unpaired) electrons. The third-order valence-corrected chi connectivity index (χ3v) is 7.30. The van der Waals surface area contributed by atoms with Crippen LogP contribution in [-0.2, 0) is 10.2 Å². The highest BCUT2D eigenvalue weighted by molar-refractivity contribution is 7.09. The van der Waals surface area contributed by atoms with E-state index in [4.69, 9.17) is 9.47 Å². The van der Waals surface area contributed by atoms with E-state index in [0.717, 1.165) is 17.0 Å². The van der Waals surface area contributed by atoms with E-state index in [2.05, 4.69) is 32.7 Å². The molecular formula is C26H36N2O5S. The van der Waals surface area contributed by atoms with E-state index >= 15 is 0 Å². The second-order valence-electron chi connectivity index (χ2n) is 10.4. The Labute approximate surface area is 206 Å². The summed E-state index contributed by atoms with van der Waals surface area (Å²) in [5.74, 6) is 0.477. The number of likely N-dealkylation sites (tertiary alicyclic amines) is 1. The highest BCUT2D eigenvalue weighted by atomic mass is 32.1. The van der Waals surface area contributed by atoms with Crippen molar-refractivity contribution in [3.05, 3.63) is 45.9 Å². The molecule has 2 heterocycles. The first-order valence-corrected chi connectivity index (χ1v) is 12.6. The lowest BCUT2D eigenvalue weighted by Gasteiger charge is -2.40. The number of nitrogens with zero attached hydrogens (tertiary/aromatic N) is 2. The van der Waals surface area contributed by atoms with Crippen LogP contribution in [0.1, 0.15) is 87.8 Å². The Hall–Kier alpha value is -2.61. The molecule has 0 unspecified atom stereocenters. The molecule has 186 valence electrons. The van der Waals surface area contributed by atoms with E-state index in [1.165, 1.54) is 11.3 Å². The van der Waals surface area contributed by atoms with Crippen LogP contribution in [0.15, 0.2) is 29.8 Å². The van der Waals surface area contributed by atoms with Gasteiger partial charge in [0.2, 0.25) is 0 Å². The summed E-state index contributed by atoms with van der Waals surface area (Å²) in [6.45, 7) is 12.3. The van der Waals surface area contributed by atoms with Crippen LogP contribution < -0.4 is 4.74 Å². The maximum Gasteiger partial charge on any atom is 0.507 e. The number of carbonyl (C=O) groups excluding carboxylic acids is 1. The zero-order valence-electron chi connectivity index (χ0n) is 21.1. The van der Waals surface area contributed by atoms with Crippen molar-refractivity contribution in [2.24, 2.45) is 11.8 Å². The number of benzene rings is 1. The second-order valence-corrected chi connectivity index (χ2v) is 11.4. The van der Waals surface area contributed by atoms with Crippen molar-refractivity contribution >= 4 is 23.4 Å². The summed E-state index contributed by atoms with van der Waals surface area (Å²) >= 11 is 1.47. The van der Waals surface area contributed by atoms with E-state index in [1.54, 1.807) is 30.3 Å². The average Bonchev–Trinajstić information content (AvgIpc) is 3.37. The van der Waals surface area contributed by atoms with Crippen LogP contribution >= 0.6 is 11.3 Å². The van der Waals surface area contributed by atoms with Gasteiger partial charge in [0.1, 0.15) is 10.8 Å². The average molecular weight is 489 g/mol. The number of ether oxygens (including phenoxy) is 2. The monoisotopic (exact) mass is 488 g/mol. The summed E-state index contributed by atoms with van der Waals surface area (Å²) in [5, 5.41) is 12.4. The highest BCUT2D eigenvalue weighted by Gasteiger charge is 2.57. The van der Waals surface area contributed by atoms with Crippen LogP contribution in [0.25, 0.3) is 0 Å². The Bertz CT molecular complexity index is 1010. The molecule has 1 aliphatic heterocycles. The van der Waals surface area contributed by atoms with Gasteiger partial charge in [-0.1, -0.05) is 54.0 Å². The van der Waals surface area contributed by atoms with E-state index in [9.17, 15) is 14.7 Å². The number of carbonyl (C=O) groups is 2. The predicted molar refractivity (Wildman–Crippen MR) is 132 cm³/mol. The van der Waals surface area contributed by atoms with Crippen molar-refractivity contribution in [1.29, 1.82) is 0 Å². The van der Waals surface area contributed by atoms with E-state index in [1.807, 2.05) is 25.3 Å². The Kier molecular flexibility index (Phi) is 7.60. The van der Waals surface area contributed by atoms with Gasteiger partial charge in [-0.2, -0.15) is 0 Å². The van der Waals surface area contributed by atoms with Gasteiger partial charge in [0, 0.05) is 30.0 Å². The van der Waals surface area contributed by atoms with Crippen molar-refractivity contribution in [1.82, 2.24) is 9.88 Å². The molecule has 1 aliphatic rings. The zero-order valence-corrected chi connectivity index (χ0v) is 21.9. The van der Waals surface area contributed by atoms with Gasteiger partial charge in [0.05, 0.1) is 13.2 Å². The number of rotatable bonds is 7. The smallest absolute Gasteiger partial charge is 0.496 e. The van der Waals surface area contributed by atoms with Gasteiger partial charge in [-0.3, -0.25) is 9.69 Å². The minimum Gasteiger partial charge on any atom is -0.496 e. The van der Waals surface area contributed by atoms with Crippen molar-refractivity contribution in [2.75, 3.05) is 7.11 Å². The summed E-state index contributed by atoms with van der Waals surface area (Å²) in [6, 6.07) is 5.09. The fraction of sp³-hybridized carbons (Fsp3) is 0.577. The molecular weight excluding hydrogens is 452 g/mol. The molecule has 1 amide bonds. The van der Waals surface area contributed by atoms with Gasteiger partial charge < -0.3 is 14.6 Å². The standard InChI is InChI=1S/C26H36N2O5S/c1-8-17-15-26(14-16(2)3,33-24(30)31)28(21(17)22-27-11-12-34-22)23(29)18-9-10-19(25(4,5)6)20(13-18)32-7/h9-13,16-17,21H,8,14-15H2,1-7H3,(H,30,31)/t17-,21-,26+/m1/s1. The molecule has 0 saturated carbocycles. The van der Waals surface area contributed by atoms with E-state index in [-0.39, 0.29) is 29.2 Å². The van der Waals surface area contributed by atoms with Gasteiger partial charge >= 0.3 is 6.16 Å². The van der Waals surface area contributed by atoms with Gasteiger partial charge in [0.15, 0.2) is 5.72 Å². The summed E-state index contributed by atoms with van der Waals surface area (Å²) < 4.78 is 11.3. The number of aromatic nitrogens is 1. The lowest BCUT2D eigenvalue weighted by Crippen LogP contribution is -2.52. The molecule has 1 aromatic heterocycles. The Balaban J connectivity index is 2.19. The van der Waals surface area contributed by atoms with Crippen molar-refractivity contribution < 1.29 is 24.2 Å². The minimum absolute atomic E-state index is 0.0175. The number of carboxylic acid groups (broad SMARTS) is 1. The van der Waals surface area contributed by atoms with Crippen LogP contribution in [-0.4, -0.2) is 39.9 Å². The van der Waals surface area contributed by atoms with E-state index < -0.39 is 11.9 Å². The normalized spacial score (nSPS) is 22.8. The molecule has 34 heavy (non-hydrogen) atoms. The lowest BCUT2D eigenvalue weighted by molar-refractivity contribution is -0.108. The number of thiazole rings is 1. The van der Waals surface area contributed by atoms with Gasteiger partial charge in [-0.05, 0) is 34.9 Å². The fourth-order valence-corrected chi connectivity index (χ4v) is 5.97. The molecule has 1 N–H and O–H groups in total. The molecule has 1 aromatic carbocycles. The first-order valence-electron chi connectivity index (χ1n) is 11.8. The summed E-state index contributed by atoms with van der Waals surface area (Å²) in [5.41, 5.74) is -0.00816. The number of methoxy groups -OCH3 is 1. The molecule has 0 spiro atoms. The number of amides is 1. The Morgan fingerprint density at radius 1 is 1.32 bits per heavy atom. The summed E-state index contributed by atoms with van der Waals surface area (Å²) in [6.07, 6.45) is 1.94. The summed E-state index contributed by atoms with van der Waals surface area (Å²) in [4.78, 5) is 32.3. The third kappa shape index (κ3) is 5.06. The van der Waals surface area contributed by atoms with Gasteiger partial charge in [-0.25, -0.2) is 9.78 Å². The maximum atomic E-state index is 14.2. The molecule has 0 bridgehead atoms. The van der Waals surface area contributed by atoms with Gasteiger partial charge in [0.25, 0.3) is 5.91 Å². The molecule has 2 aromatic rings. The quantitative estimate of drug-likeness (QED) is 0.448. The van der Waals surface area contributed by atoms with Gasteiger partial charge in [-0.15, -0.1) is 11.3 Å². The van der Waals surface area contributed by atoms with Crippen LogP contribution in [0.4, 0.5) is 4.79 Å². The molecule has 0 aliphatic carbocycles. The zero-order chi connectivity index (χ0) is 25.3. The molecule has 8 heteroatoms. The molecule has 1 fully saturated rings. The van der Waals surface area contributed by atoms with Crippen LogP contribution in [0.2, 0.25) is 0 Å². The van der Waals surface area contributed by atoms with Crippen molar-refractivity contribution in [3.63, 3.8) is 0 Å². The van der Waals surface area contributed by atoms with E-state index in [0.29, 0.717) is 24.2 Å². The maximum absolute atomic E-state index is 14.2. The van der Waals surface area contributed by atoms with Crippen LogP contribution in [0.5, 0.6) is 5.75 Å². The molecule has 1 saturated heterocycles. The molecule has 3 rings (SSSR count). The first kappa shape index (κ1) is 26.0. The molecule has 3 atom stereocenters. The topological polar surface area (TPSA) is 89.0 Å². The van der Waals surface area contributed by atoms with Crippen LogP contribution in [0.3, 0.4) is 0 Å². The number of hydrogen-bond acceptors (Lipinski definition) is 6. The van der Waals surface area contributed by atoms with Crippen LogP contribution in [0, 0.1) is 11.8 Å². The Morgan fingerprint density at radius 2 is 2.03 bits per heavy atom. The summed E-state index contributed by atoms with van der Waals surface area (Å²) in [7, 11) is 1.59. The highest BCUT2D eigenvalue weighted by Crippen LogP contribution is 2.52. The second kappa shape index (κ2) is 9.94. The lowest BCUT2D eigenvalue weighted by atomic mass is 9.85.